The van der Waals surface area contributed by atoms with E-state index < -0.39 is 0 Å². The van der Waals surface area contributed by atoms with Crippen LogP contribution < -0.4 is 10.6 Å². The van der Waals surface area contributed by atoms with Crippen molar-refractivity contribution >= 4 is 55.1 Å². The maximum atomic E-state index is 3.68. The topological polar surface area (TPSA) is 24.1 Å². The fourth-order valence-electron chi connectivity index (χ4n) is 4.74. The zero-order valence-corrected chi connectivity index (χ0v) is 19.4. The Morgan fingerprint density at radius 2 is 0.735 bits per heavy atom. The number of aryl methyl sites for hydroxylation is 2. The summed E-state index contributed by atoms with van der Waals surface area (Å²) in [5.74, 6) is 0. The van der Waals surface area contributed by atoms with Gasteiger partial charge in [0.1, 0.15) is 0 Å². The third-order valence-corrected chi connectivity index (χ3v) is 6.54. The molecule has 0 aliphatic heterocycles. The van der Waals surface area contributed by atoms with E-state index in [9.17, 15) is 0 Å². The van der Waals surface area contributed by atoms with E-state index >= 15 is 0 Å². The van der Waals surface area contributed by atoms with Gasteiger partial charge in [-0.1, -0.05) is 83.9 Å². The standard InChI is InChI=1S/C32H26N2/c1-21-11-15-23(16-12-21)33-31-19-29-26-8-4-6-10-28(26)32(34-24-17-13-22(2)14-18-24)20-30(29)25-7-3-5-9-27(25)31/h3-20,33-34H,1-2H3. The highest BCUT2D eigenvalue weighted by Crippen LogP contribution is 2.40. The van der Waals surface area contributed by atoms with Gasteiger partial charge in [0, 0.05) is 33.5 Å². The average Bonchev–Trinajstić information content (AvgIpc) is 2.87. The molecule has 0 radical (unpaired) electrons. The summed E-state index contributed by atoms with van der Waals surface area (Å²) in [4.78, 5) is 0. The molecule has 0 spiro atoms. The van der Waals surface area contributed by atoms with Gasteiger partial charge < -0.3 is 10.6 Å². The molecule has 6 rings (SSSR count). The smallest absolute Gasteiger partial charge is 0.0470 e. The first kappa shape index (κ1) is 20.3. The van der Waals surface area contributed by atoms with Gasteiger partial charge in [-0.15, -0.1) is 0 Å². The molecule has 0 unspecified atom stereocenters. The minimum Gasteiger partial charge on any atom is -0.355 e. The largest absolute Gasteiger partial charge is 0.355 e. The Morgan fingerprint density at radius 1 is 0.382 bits per heavy atom. The minimum atomic E-state index is 1.09. The van der Waals surface area contributed by atoms with Gasteiger partial charge in [-0.2, -0.15) is 0 Å². The van der Waals surface area contributed by atoms with Crippen LogP contribution in [-0.2, 0) is 0 Å². The first-order valence-electron chi connectivity index (χ1n) is 11.7. The molecule has 0 saturated carbocycles. The van der Waals surface area contributed by atoms with Crippen molar-refractivity contribution < 1.29 is 0 Å². The van der Waals surface area contributed by atoms with Crippen molar-refractivity contribution in [1.29, 1.82) is 0 Å². The van der Waals surface area contributed by atoms with Crippen molar-refractivity contribution in [2.45, 2.75) is 13.8 Å². The normalized spacial score (nSPS) is 11.2. The van der Waals surface area contributed by atoms with E-state index in [1.165, 1.54) is 43.4 Å². The van der Waals surface area contributed by atoms with E-state index in [4.69, 9.17) is 0 Å². The zero-order valence-electron chi connectivity index (χ0n) is 19.4. The monoisotopic (exact) mass is 438 g/mol. The predicted octanol–water partition coefficient (Wildman–Crippen LogP) is 9.25. The second-order valence-corrected chi connectivity index (χ2v) is 9.02. The van der Waals surface area contributed by atoms with Crippen molar-refractivity contribution in [2.24, 2.45) is 0 Å². The lowest BCUT2D eigenvalue weighted by molar-refractivity contribution is 1.46. The number of benzene rings is 6. The second-order valence-electron chi connectivity index (χ2n) is 9.02. The lowest BCUT2D eigenvalue weighted by Crippen LogP contribution is -1.95. The van der Waals surface area contributed by atoms with E-state index in [1.54, 1.807) is 0 Å². The van der Waals surface area contributed by atoms with Crippen LogP contribution >= 0.6 is 0 Å². The van der Waals surface area contributed by atoms with Crippen LogP contribution in [0.15, 0.2) is 109 Å². The van der Waals surface area contributed by atoms with Crippen molar-refractivity contribution in [3.8, 4) is 0 Å². The molecule has 0 fully saturated rings. The first-order valence-corrected chi connectivity index (χ1v) is 11.7. The number of hydrogen-bond acceptors (Lipinski definition) is 2. The van der Waals surface area contributed by atoms with Crippen molar-refractivity contribution in [3.63, 3.8) is 0 Å². The molecule has 0 atom stereocenters. The SMILES string of the molecule is Cc1ccc(Nc2cc3c4ccccc4c(Nc4ccc(C)cc4)cc3c3ccccc23)cc1. The Hall–Kier alpha value is -4.30. The Morgan fingerprint density at radius 3 is 1.12 bits per heavy atom. The molecule has 2 N–H and O–H groups in total. The van der Waals surface area contributed by atoms with E-state index in [2.05, 4.69) is 134 Å². The summed E-state index contributed by atoms with van der Waals surface area (Å²) in [6.07, 6.45) is 0. The highest BCUT2D eigenvalue weighted by Gasteiger charge is 2.13. The van der Waals surface area contributed by atoms with E-state index in [-0.39, 0.29) is 0 Å². The zero-order chi connectivity index (χ0) is 23.1. The summed E-state index contributed by atoms with van der Waals surface area (Å²) in [6.45, 7) is 4.23. The average molecular weight is 439 g/mol. The van der Waals surface area contributed by atoms with E-state index in [0.717, 1.165) is 22.7 Å². The molecule has 2 heteroatoms. The fourth-order valence-corrected chi connectivity index (χ4v) is 4.74. The highest BCUT2D eigenvalue weighted by atomic mass is 14.9. The minimum absolute atomic E-state index is 1.09. The molecule has 0 aliphatic carbocycles. The van der Waals surface area contributed by atoms with Gasteiger partial charge in [-0.25, -0.2) is 0 Å². The van der Waals surface area contributed by atoms with Crippen LogP contribution in [0.2, 0.25) is 0 Å². The molecule has 0 aromatic heterocycles. The number of nitrogens with one attached hydrogen (secondary N) is 2. The second kappa shape index (κ2) is 8.24. The van der Waals surface area contributed by atoms with Gasteiger partial charge in [0.25, 0.3) is 0 Å². The molecule has 0 heterocycles. The van der Waals surface area contributed by atoms with Crippen LogP contribution in [0.4, 0.5) is 22.7 Å². The van der Waals surface area contributed by atoms with Crippen LogP contribution in [-0.4, -0.2) is 0 Å². The van der Waals surface area contributed by atoms with Crippen molar-refractivity contribution in [2.75, 3.05) is 10.6 Å². The summed E-state index contributed by atoms with van der Waals surface area (Å²) in [7, 11) is 0. The molecule has 6 aromatic carbocycles. The van der Waals surface area contributed by atoms with Crippen LogP contribution in [0.5, 0.6) is 0 Å². The number of anilines is 4. The maximum absolute atomic E-state index is 3.68. The van der Waals surface area contributed by atoms with Gasteiger partial charge in [-0.3, -0.25) is 0 Å². The molecule has 0 amide bonds. The van der Waals surface area contributed by atoms with Gasteiger partial charge in [-0.05, 0) is 71.8 Å². The first-order chi connectivity index (χ1) is 16.7. The van der Waals surface area contributed by atoms with Crippen LogP contribution in [0.25, 0.3) is 32.3 Å². The van der Waals surface area contributed by atoms with Crippen molar-refractivity contribution in [1.82, 2.24) is 0 Å². The van der Waals surface area contributed by atoms with Gasteiger partial charge in [0.15, 0.2) is 0 Å². The van der Waals surface area contributed by atoms with Crippen LogP contribution in [0, 0.1) is 13.8 Å². The molecule has 34 heavy (non-hydrogen) atoms. The summed E-state index contributed by atoms with van der Waals surface area (Å²) in [6, 6.07) is 39.1. The molecule has 0 saturated heterocycles. The van der Waals surface area contributed by atoms with Crippen molar-refractivity contribution in [3.05, 3.63) is 120 Å². The molecule has 0 bridgehead atoms. The van der Waals surface area contributed by atoms with Crippen LogP contribution in [0.1, 0.15) is 11.1 Å². The van der Waals surface area contributed by atoms with E-state index in [1.807, 2.05) is 0 Å². The number of rotatable bonds is 4. The summed E-state index contributed by atoms with van der Waals surface area (Å²) >= 11 is 0. The highest BCUT2D eigenvalue weighted by molar-refractivity contribution is 6.23. The van der Waals surface area contributed by atoms with Gasteiger partial charge in [0.2, 0.25) is 0 Å². The maximum Gasteiger partial charge on any atom is 0.0470 e. The molecule has 6 aromatic rings. The number of fused-ring (bicyclic) bond motifs is 5. The lowest BCUT2D eigenvalue weighted by atomic mass is 9.94. The molecular formula is C32H26N2. The van der Waals surface area contributed by atoms with Crippen LogP contribution in [0.3, 0.4) is 0 Å². The Balaban J connectivity index is 1.59. The molecule has 0 aliphatic rings. The Labute approximate surface area is 199 Å². The molecule has 2 nitrogen and oxygen atoms in total. The van der Waals surface area contributed by atoms with E-state index in [0.29, 0.717) is 0 Å². The third kappa shape index (κ3) is 3.64. The molecule has 164 valence electrons. The lowest BCUT2D eigenvalue weighted by Gasteiger charge is -2.17. The summed E-state index contributed by atoms with van der Waals surface area (Å²) in [5.41, 5.74) is 6.95. The van der Waals surface area contributed by atoms with Gasteiger partial charge in [0.05, 0.1) is 0 Å². The predicted molar refractivity (Wildman–Crippen MR) is 148 cm³/mol. The summed E-state index contributed by atoms with van der Waals surface area (Å²) in [5, 5.41) is 14.8. The Kier molecular flexibility index (Phi) is 4.92. The summed E-state index contributed by atoms with van der Waals surface area (Å²) < 4.78 is 0. The number of hydrogen-bond donors (Lipinski definition) is 2. The Bertz CT molecular complexity index is 1520. The quantitative estimate of drug-likeness (QED) is 0.268. The third-order valence-electron chi connectivity index (χ3n) is 6.54. The fraction of sp³-hybridized carbons (Fsp3) is 0.0625. The molecular weight excluding hydrogens is 412 g/mol. The van der Waals surface area contributed by atoms with Gasteiger partial charge >= 0.3 is 0 Å².